The Morgan fingerprint density at radius 1 is 0.592 bits per heavy atom. The van der Waals surface area contributed by atoms with Crippen molar-refractivity contribution in [2.75, 3.05) is 45.3 Å². The lowest BCUT2D eigenvalue weighted by molar-refractivity contribution is 0.0977. The van der Waals surface area contributed by atoms with Gasteiger partial charge < -0.3 is 50.8 Å². The Morgan fingerprint density at radius 2 is 1.09 bits per heavy atom. The summed E-state index contributed by atoms with van der Waals surface area (Å²) < 4.78 is 0. The van der Waals surface area contributed by atoms with Crippen LogP contribution in [-0.4, -0.2) is 88.8 Å². The number of aromatic amines is 2. The van der Waals surface area contributed by atoms with Gasteiger partial charge >= 0.3 is 0 Å². The number of phenols is 4. The van der Waals surface area contributed by atoms with E-state index in [0.29, 0.717) is 92.2 Å². The molecule has 4 aromatic heterocycles. The molecule has 18 heteroatoms. The van der Waals surface area contributed by atoms with Crippen LogP contribution in [0.2, 0.25) is 0 Å². The number of H-pyrrole nitrogens is 2. The van der Waals surface area contributed by atoms with Crippen molar-refractivity contribution in [3.05, 3.63) is 178 Å². The molecule has 16 nitrogen and oxygen atoms in total. The van der Waals surface area contributed by atoms with E-state index in [1.807, 2.05) is 50.2 Å². The number of aryl methyl sites for hydroxylation is 2. The molecule has 76 heavy (non-hydrogen) atoms. The number of aromatic hydroxyl groups is 4. The highest BCUT2D eigenvalue weighted by atomic mass is 35.5. The SMILES string of the molecule is Cc1cccc2c(O)cc3c(c12)[C@H](CCl)CN3C(=O)c1cc2cc(NC(=O)c3ccc(O)cc3)cnc2[nH]1.Cc1cccc2c(O)cc3c(c12)[C@H](CCl)CN3C(=O)c1cc2cc(NC(=O)c3ccc(O)cc3)ncc2[nH]1. The molecule has 0 radical (unpaired) electrons. The number of hydrogen-bond donors (Lipinski definition) is 8. The molecule has 6 aromatic carbocycles. The van der Waals surface area contributed by atoms with Crippen molar-refractivity contribution in [3.8, 4) is 23.0 Å². The van der Waals surface area contributed by atoms with Crippen LogP contribution in [0, 0.1) is 13.8 Å². The van der Waals surface area contributed by atoms with Gasteiger partial charge in [-0.15, -0.1) is 23.2 Å². The summed E-state index contributed by atoms with van der Waals surface area (Å²) in [6.07, 6.45) is 3.06. The number of nitrogens with one attached hydrogen (secondary N) is 4. The Hall–Kier alpha value is -9.12. The van der Waals surface area contributed by atoms with Gasteiger partial charge in [0.1, 0.15) is 45.9 Å². The Bertz CT molecular complexity index is 3750. The van der Waals surface area contributed by atoms with Crippen LogP contribution in [0.4, 0.5) is 22.9 Å². The van der Waals surface area contributed by atoms with Gasteiger partial charge in [0.25, 0.3) is 23.6 Å². The summed E-state index contributed by atoms with van der Waals surface area (Å²) in [6.45, 7) is 4.76. The number of amides is 4. The van der Waals surface area contributed by atoms with Gasteiger partial charge in [0, 0.05) is 81.5 Å². The summed E-state index contributed by atoms with van der Waals surface area (Å²) in [5.74, 6) is -0.00900. The van der Waals surface area contributed by atoms with Crippen molar-refractivity contribution in [3.63, 3.8) is 0 Å². The maximum atomic E-state index is 13.7. The minimum absolute atomic E-state index is 0.0714. The fourth-order valence-corrected chi connectivity index (χ4v) is 10.9. The highest BCUT2D eigenvalue weighted by Crippen LogP contribution is 2.48. The van der Waals surface area contributed by atoms with Crippen LogP contribution in [-0.2, 0) is 0 Å². The Morgan fingerprint density at radius 3 is 1.62 bits per heavy atom. The average molecular weight is 1050 g/mol. The van der Waals surface area contributed by atoms with Crippen LogP contribution in [0.25, 0.3) is 43.5 Å². The van der Waals surface area contributed by atoms with Crippen molar-refractivity contribution >= 4 is 113 Å². The highest BCUT2D eigenvalue weighted by molar-refractivity contribution is 6.20. The number of nitrogens with zero attached hydrogens (tertiary/aromatic N) is 4. The Balaban J connectivity index is 0.000000162. The number of hydrogen-bond acceptors (Lipinski definition) is 10. The number of carbonyl (C=O) groups excluding carboxylic acids is 4. The second-order valence-corrected chi connectivity index (χ2v) is 19.5. The monoisotopic (exact) mass is 1050 g/mol. The van der Waals surface area contributed by atoms with Crippen molar-refractivity contribution in [1.29, 1.82) is 0 Å². The third-order valence-corrected chi connectivity index (χ3v) is 14.7. The number of halogens is 2. The number of fused-ring (bicyclic) bond motifs is 8. The number of aromatic nitrogens is 4. The number of rotatable bonds is 8. The highest BCUT2D eigenvalue weighted by Gasteiger charge is 2.37. The molecule has 380 valence electrons. The maximum absolute atomic E-state index is 13.7. The lowest BCUT2D eigenvalue weighted by Gasteiger charge is -2.18. The number of carbonyl (C=O) groups is 4. The van der Waals surface area contributed by atoms with E-state index in [4.69, 9.17) is 23.2 Å². The van der Waals surface area contributed by atoms with E-state index in [9.17, 15) is 39.6 Å². The van der Waals surface area contributed by atoms with Gasteiger partial charge in [-0.25, -0.2) is 9.97 Å². The summed E-state index contributed by atoms with van der Waals surface area (Å²) in [7, 11) is 0. The molecule has 0 fully saturated rings. The number of anilines is 4. The van der Waals surface area contributed by atoms with Gasteiger partial charge in [0.2, 0.25) is 0 Å². The van der Waals surface area contributed by atoms with E-state index in [2.05, 4.69) is 30.6 Å². The average Bonchev–Trinajstić information content (AvgIpc) is 4.22. The first-order valence-corrected chi connectivity index (χ1v) is 25.2. The van der Waals surface area contributed by atoms with Crippen LogP contribution < -0.4 is 20.4 Å². The van der Waals surface area contributed by atoms with E-state index in [0.717, 1.165) is 43.8 Å². The number of benzene rings is 6. The molecular formula is C58H46Cl2N8O8. The number of phenolic OH excluding ortho intramolecular Hbond substituents is 4. The lowest BCUT2D eigenvalue weighted by atomic mass is 9.92. The number of pyridine rings is 2. The summed E-state index contributed by atoms with van der Waals surface area (Å²) in [6, 6.07) is 33.4. The molecule has 0 saturated carbocycles. The van der Waals surface area contributed by atoms with Crippen molar-refractivity contribution in [2.45, 2.75) is 25.7 Å². The molecule has 0 unspecified atom stereocenters. The van der Waals surface area contributed by atoms with Crippen molar-refractivity contribution in [2.24, 2.45) is 0 Å². The zero-order valence-electron chi connectivity index (χ0n) is 40.7. The van der Waals surface area contributed by atoms with E-state index in [1.165, 1.54) is 54.7 Å². The molecule has 0 bridgehead atoms. The van der Waals surface area contributed by atoms with Gasteiger partial charge in [-0.2, -0.15) is 0 Å². The summed E-state index contributed by atoms with van der Waals surface area (Å²) in [5, 5.41) is 50.6. The van der Waals surface area contributed by atoms with Crippen LogP contribution in [0.1, 0.15) is 75.8 Å². The topological polar surface area (TPSA) is 237 Å². The zero-order valence-corrected chi connectivity index (χ0v) is 42.2. The Labute approximate surface area is 443 Å². The minimum Gasteiger partial charge on any atom is -0.508 e. The lowest BCUT2D eigenvalue weighted by Crippen LogP contribution is -2.30. The fraction of sp³-hybridized carbons (Fsp3) is 0.138. The second-order valence-electron chi connectivity index (χ2n) is 18.9. The molecule has 0 saturated heterocycles. The van der Waals surface area contributed by atoms with Gasteiger partial charge in [-0.05, 0) is 120 Å². The standard InChI is InChI=1S/2C29H23ClN4O4/c1-15-3-2-4-21-24(36)11-23-26(25(15)21)18(12-30)14-34(23)29(38)22-10-17-9-19(13-31-27(17)33-22)32-28(37)16-5-7-20(35)8-6-16;1-15-3-2-4-20-24(36)11-23-27(26(15)20)18(12-30)14-34(23)29(38)21-9-17-10-25(31-13-22(17)32-21)33-28(37)16-5-7-19(35)8-6-16/h2-11,13,18,35-36H,12,14H2,1H3,(H,31,33)(H,32,37);2-11,13,18,32,35-36H,12,14H2,1H3,(H,31,33,37)/t2*18-/m11/s1. The Kier molecular flexibility index (Phi) is 12.7. The van der Waals surface area contributed by atoms with Crippen molar-refractivity contribution in [1.82, 2.24) is 19.9 Å². The quantitative estimate of drug-likeness (QED) is 0.0670. The van der Waals surface area contributed by atoms with Crippen LogP contribution in [0.15, 0.2) is 134 Å². The molecule has 8 N–H and O–H groups in total. The van der Waals surface area contributed by atoms with Gasteiger partial charge in [0.05, 0.1) is 35.0 Å². The van der Waals surface area contributed by atoms with Gasteiger partial charge in [-0.1, -0.05) is 36.4 Å². The van der Waals surface area contributed by atoms with Gasteiger partial charge in [0.15, 0.2) is 0 Å². The summed E-state index contributed by atoms with van der Waals surface area (Å²) in [4.78, 5) is 70.7. The first-order valence-electron chi connectivity index (χ1n) is 24.1. The predicted octanol–water partition coefficient (Wildman–Crippen LogP) is 11.3. The van der Waals surface area contributed by atoms with Crippen molar-refractivity contribution < 1.29 is 39.6 Å². The third-order valence-electron chi connectivity index (χ3n) is 14.0. The molecule has 2 aliphatic rings. The second kappa shape index (κ2) is 19.6. The smallest absolute Gasteiger partial charge is 0.274 e. The third kappa shape index (κ3) is 8.86. The van der Waals surface area contributed by atoms with E-state index in [-0.39, 0.29) is 58.5 Å². The molecule has 2 atom stereocenters. The molecule has 10 aromatic rings. The predicted molar refractivity (Wildman–Crippen MR) is 295 cm³/mol. The largest absolute Gasteiger partial charge is 0.508 e. The van der Waals surface area contributed by atoms with E-state index in [1.54, 1.807) is 52.4 Å². The van der Waals surface area contributed by atoms with Gasteiger partial charge in [-0.3, -0.25) is 19.2 Å². The van der Waals surface area contributed by atoms with Crippen LogP contribution in [0.5, 0.6) is 23.0 Å². The molecule has 2 aliphatic heterocycles. The molecule has 6 heterocycles. The summed E-state index contributed by atoms with van der Waals surface area (Å²) in [5.41, 5.74) is 8.32. The van der Waals surface area contributed by atoms with E-state index < -0.39 is 0 Å². The zero-order chi connectivity index (χ0) is 53.1. The normalized spacial score (nSPS) is 14.7. The molecule has 0 spiro atoms. The molecule has 0 aliphatic carbocycles. The molecular weight excluding hydrogens is 1010 g/mol. The first kappa shape index (κ1) is 49.1. The molecule has 4 amide bonds. The summed E-state index contributed by atoms with van der Waals surface area (Å²) >= 11 is 12.7. The number of alkyl halides is 2. The van der Waals surface area contributed by atoms with Crippen LogP contribution >= 0.6 is 23.2 Å². The minimum atomic E-state index is -0.369. The maximum Gasteiger partial charge on any atom is 0.274 e. The fourth-order valence-electron chi connectivity index (χ4n) is 10.4. The molecule has 12 rings (SSSR count). The first-order chi connectivity index (χ1) is 36.7. The van der Waals surface area contributed by atoms with E-state index >= 15 is 0 Å². The van der Waals surface area contributed by atoms with Crippen LogP contribution in [0.3, 0.4) is 0 Å².